The molecular formula is C60H56HfN2O4-2. The third-order valence-corrected chi connectivity index (χ3v) is 13.4. The molecule has 1 saturated carbocycles. The van der Waals surface area contributed by atoms with E-state index in [0.29, 0.717) is 13.2 Å². The molecule has 0 amide bonds. The fourth-order valence-corrected chi connectivity index (χ4v) is 10.4. The molecule has 0 saturated heterocycles. The van der Waals surface area contributed by atoms with Gasteiger partial charge in [0.05, 0.1) is 46.7 Å². The van der Waals surface area contributed by atoms with Gasteiger partial charge in [-0.05, 0) is 110 Å². The fourth-order valence-electron chi connectivity index (χ4n) is 10.4. The van der Waals surface area contributed by atoms with Gasteiger partial charge in [0, 0.05) is 69.6 Å². The molecule has 0 spiro atoms. The molecular weight excluding hydrogens is 991 g/mol. The Morgan fingerprint density at radius 2 is 0.746 bits per heavy atom. The summed E-state index contributed by atoms with van der Waals surface area (Å²) in [7, 11) is 0. The van der Waals surface area contributed by atoms with Gasteiger partial charge >= 0.3 is 0 Å². The number of rotatable bonds is 10. The number of benzene rings is 8. The molecule has 336 valence electrons. The number of fused-ring (bicyclic) bond motifs is 6. The smallest absolute Gasteiger partial charge is 0.147 e. The zero-order valence-corrected chi connectivity index (χ0v) is 42.3. The number of phenolic OH excluding ortho intramolecular Hbond substituents is 2. The largest absolute Gasteiger partial charge is 0.505 e. The maximum absolute atomic E-state index is 12.2. The van der Waals surface area contributed by atoms with Crippen LogP contribution in [-0.4, -0.2) is 32.6 Å². The summed E-state index contributed by atoms with van der Waals surface area (Å²) in [6.07, 6.45) is 4.39. The van der Waals surface area contributed by atoms with Gasteiger partial charge in [0.25, 0.3) is 0 Å². The zero-order chi connectivity index (χ0) is 43.3. The minimum atomic E-state index is 0. The van der Waals surface area contributed by atoms with Gasteiger partial charge in [0.2, 0.25) is 0 Å². The number of aryl methyl sites for hydroxylation is 2. The molecule has 0 unspecified atom stereocenters. The Kier molecular flexibility index (Phi) is 13.8. The molecule has 2 heterocycles. The number of para-hydroxylation sites is 6. The number of ether oxygens (including phenoxy) is 2. The second-order valence-corrected chi connectivity index (χ2v) is 17.5. The molecule has 7 heteroatoms. The molecule has 67 heavy (non-hydrogen) atoms. The minimum absolute atomic E-state index is 0. The average Bonchev–Trinajstić information content (AvgIpc) is 3.85. The zero-order valence-electron chi connectivity index (χ0n) is 38.7. The van der Waals surface area contributed by atoms with Gasteiger partial charge in [-0.1, -0.05) is 122 Å². The minimum Gasteiger partial charge on any atom is -0.505 e. The number of nitrogens with zero attached hydrogens (tertiary/aromatic N) is 2. The molecule has 2 N–H and O–H groups in total. The van der Waals surface area contributed by atoms with Crippen LogP contribution >= 0.6 is 0 Å². The number of phenols is 2. The number of hydrogen-bond acceptors (Lipinski definition) is 4. The van der Waals surface area contributed by atoms with E-state index in [0.717, 1.165) is 126 Å². The Hall–Kier alpha value is -6.57. The van der Waals surface area contributed by atoms with Crippen molar-refractivity contribution in [2.45, 2.75) is 39.5 Å². The van der Waals surface area contributed by atoms with E-state index >= 15 is 0 Å². The molecule has 11 rings (SSSR count). The topological polar surface area (TPSA) is 68.8 Å². The van der Waals surface area contributed by atoms with Crippen molar-refractivity contribution >= 4 is 43.6 Å². The second-order valence-electron chi connectivity index (χ2n) is 17.5. The monoisotopic (exact) mass is 1050 g/mol. The quantitative estimate of drug-likeness (QED) is 0.106. The van der Waals surface area contributed by atoms with E-state index in [2.05, 4.69) is 144 Å². The van der Waals surface area contributed by atoms with Gasteiger partial charge in [0.1, 0.15) is 23.0 Å². The van der Waals surface area contributed by atoms with Crippen molar-refractivity contribution in [1.82, 2.24) is 9.13 Å². The van der Waals surface area contributed by atoms with Crippen molar-refractivity contribution in [3.63, 3.8) is 0 Å². The third kappa shape index (κ3) is 8.44. The van der Waals surface area contributed by atoms with Crippen molar-refractivity contribution in [2.24, 2.45) is 11.8 Å². The second kappa shape index (κ2) is 19.7. The van der Waals surface area contributed by atoms with E-state index in [1.54, 1.807) is 0 Å². The average molecular weight is 1050 g/mol. The molecule has 1 fully saturated rings. The van der Waals surface area contributed by atoms with Crippen LogP contribution < -0.4 is 9.47 Å². The summed E-state index contributed by atoms with van der Waals surface area (Å²) in [6.45, 7) is 5.25. The van der Waals surface area contributed by atoms with Crippen molar-refractivity contribution in [3.05, 3.63) is 196 Å². The van der Waals surface area contributed by atoms with Gasteiger partial charge in [-0.25, -0.2) is 0 Å². The van der Waals surface area contributed by atoms with Crippen LogP contribution in [0.25, 0.3) is 77.2 Å². The maximum atomic E-state index is 12.2. The van der Waals surface area contributed by atoms with Crippen LogP contribution in [-0.2, 0) is 25.8 Å². The first-order valence-corrected chi connectivity index (χ1v) is 22.5. The Morgan fingerprint density at radius 1 is 0.433 bits per heavy atom. The standard InChI is InChI=1S/C58H50N2O4.2CH3.Hf/c1-37-31-47(57(61)53(33-37)59-49-25-11-5-19-41(49)42-20-6-12-26-50(42)59)45-23-9-15-29-55(45)63-35-39-17-3-4-18-40(39)36-64-56-30-16-10-24-46(56)48-32-38(2)34-54(58(48)62)60-51-27-13-7-21-43(51)44-22-8-14-28-52(44)60;;;/h5-16,19-34,39-40,61-62H,3-4,17-18,35-36H2,1-2H3;2*1H3;/q;2*-1;/t39-,40+;;;. The van der Waals surface area contributed by atoms with Crippen molar-refractivity contribution < 1.29 is 45.5 Å². The van der Waals surface area contributed by atoms with Crippen LogP contribution in [0.4, 0.5) is 0 Å². The van der Waals surface area contributed by atoms with E-state index in [1.165, 1.54) is 0 Å². The van der Waals surface area contributed by atoms with E-state index in [-0.39, 0.29) is 64.0 Å². The molecule has 6 nitrogen and oxygen atoms in total. The molecule has 1 aliphatic rings. The number of aromatic nitrogens is 2. The SMILES string of the molecule is Cc1cc(-c2ccccc2OC[C@H]2CCCC[C@H]2COc2ccccc2-c2cc(C)cc(-n3c4ccccc4c4ccccc43)c2O)c(O)c(-n2c3ccccc3c3ccccc32)c1.[CH3-].[CH3-].[Hf]. The number of hydrogen-bond donors (Lipinski definition) is 2. The van der Waals surface area contributed by atoms with Crippen LogP contribution in [0, 0.1) is 40.5 Å². The fraction of sp³-hybridized carbons (Fsp3) is 0.167. The van der Waals surface area contributed by atoms with Gasteiger partial charge in [-0.3, -0.25) is 0 Å². The van der Waals surface area contributed by atoms with Gasteiger partial charge in [0.15, 0.2) is 0 Å². The van der Waals surface area contributed by atoms with Crippen molar-refractivity contribution in [2.75, 3.05) is 13.2 Å². The van der Waals surface area contributed by atoms with Crippen LogP contribution in [0.5, 0.6) is 23.0 Å². The summed E-state index contributed by atoms with van der Waals surface area (Å²) in [6, 6.07) is 57.9. The molecule has 0 aliphatic heterocycles. The van der Waals surface area contributed by atoms with Crippen molar-refractivity contribution in [1.29, 1.82) is 0 Å². The predicted octanol–water partition coefficient (Wildman–Crippen LogP) is 15.4. The molecule has 10 aromatic rings. The normalized spacial score (nSPS) is 14.7. The van der Waals surface area contributed by atoms with Crippen molar-refractivity contribution in [3.8, 4) is 56.6 Å². The summed E-state index contributed by atoms with van der Waals surface area (Å²) in [5, 5.41) is 29.0. The Labute approximate surface area is 412 Å². The summed E-state index contributed by atoms with van der Waals surface area (Å²) in [5.41, 5.74) is 11.0. The van der Waals surface area contributed by atoms with Gasteiger partial charge in [-0.2, -0.15) is 0 Å². The van der Waals surface area contributed by atoms with Crippen LogP contribution in [0.1, 0.15) is 36.8 Å². The predicted molar refractivity (Wildman–Crippen MR) is 275 cm³/mol. The van der Waals surface area contributed by atoms with Gasteiger partial charge in [-0.15, -0.1) is 0 Å². The molecule has 2 aromatic heterocycles. The third-order valence-electron chi connectivity index (χ3n) is 13.4. The maximum Gasteiger partial charge on any atom is 0.147 e. The van der Waals surface area contributed by atoms with E-state index in [1.807, 2.05) is 48.5 Å². The van der Waals surface area contributed by atoms with Crippen LogP contribution in [0.2, 0.25) is 0 Å². The molecule has 2 atom stereocenters. The molecule has 1 aliphatic carbocycles. The molecule has 0 radical (unpaired) electrons. The first-order valence-electron chi connectivity index (χ1n) is 22.5. The first kappa shape index (κ1) is 46.9. The van der Waals surface area contributed by atoms with Gasteiger partial charge < -0.3 is 43.7 Å². The van der Waals surface area contributed by atoms with E-state index in [9.17, 15) is 10.2 Å². The first-order chi connectivity index (χ1) is 31.4. The van der Waals surface area contributed by atoms with E-state index < -0.39 is 0 Å². The Balaban J connectivity index is 0.00000203. The van der Waals surface area contributed by atoms with Crippen LogP contribution in [0.3, 0.4) is 0 Å². The summed E-state index contributed by atoms with van der Waals surface area (Å²) >= 11 is 0. The Bertz CT molecular complexity index is 3050. The number of aromatic hydroxyl groups is 2. The Morgan fingerprint density at radius 3 is 1.10 bits per heavy atom. The molecule has 8 aromatic carbocycles. The summed E-state index contributed by atoms with van der Waals surface area (Å²) < 4.78 is 18.0. The summed E-state index contributed by atoms with van der Waals surface area (Å²) in [5.74, 6) is 2.50. The summed E-state index contributed by atoms with van der Waals surface area (Å²) in [4.78, 5) is 0. The molecule has 0 bridgehead atoms. The van der Waals surface area contributed by atoms with E-state index in [4.69, 9.17) is 9.47 Å². The van der Waals surface area contributed by atoms with Crippen LogP contribution in [0.15, 0.2) is 170 Å².